The van der Waals surface area contributed by atoms with E-state index in [2.05, 4.69) is 27.8 Å². The summed E-state index contributed by atoms with van der Waals surface area (Å²) < 4.78 is 1.32. The van der Waals surface area contributed by atoms with Crippen molar-refractivity contribution in [2.45, 2.75) is 26.7 Å². The van der Waals surface area contributed by atoms with Crippen LogP contribution in [0.3, 0.4) is 0 Å². The molecular weight excluding hydrogens is 374 g/mol. The highest BCUT2D eigenvalue weighted by atomic mass is 16.6. The third kappa shape index (κ3) is 6.69. The van der Waals surface area contributed by atoms with Gasteiger partial charge in [-0.2, -0.15) is 5.10 Å². The fourth-order valence-electron chi connectivity index (χ4n) is 2.31. The van der Waals surface area contributed by atoms with Gasteiger partial charge in [0.1, 0.15) is 5.69 Å². The lowest BCUT2D eigenvalue weighted by atomic mass is 10.2. The van der Waals surface area contributed by atoms with Crippen LogP contribution in [0.25, 0.3) is 0 Å². The van der Waals surface area contributed by atoms with Gasteiger partial charge < -0.3 is 5.32 Å². The lowest BCUT2D eigenvalue weighted by Gasteiger charge is -2.08. The summed E-state index contributed by atoms with van der Waals surface area (Å²) in [5, 5.41) is 17.7. The number of nitrogens with zero attached hydrogens (tertiary/aromatic N) is 4. The van der Waals surface area contributed by atoms with Crippen LogP contribution in [-0.2, 0) is 4.79 Å². The number of benzene rings is 1. The van der Waals surface area contributed by atoms with Crippen molar-refractivity contribution in [3.05, 3.63) is 58.9 Å². The number of unbranched alkanes of at least 4 members (excludes halogenated alkanes) is 1. The number of nitro benzene ring substituents is 1. The number of nitro groups is 1. The molecule has 0 saturated heterocycles. The van der Waals surface area contributed by atoms with Crippen LogP contribution >= 0.6 is 0 Å². The van der Waals surface area contributed by atoms with E-state index in [9.17, 15) is 14.9 Å². The quantitative estimate of drug-likeness (QED) is 0.148. The molecule has 2 aromatic rings. The summed E-state index contributed by atoms with van der Waals surface area (Å²) in [7, 11) is 0. The van der Waals surface area contributed by atoms with E-state index < -0.39 is 10.8 Å². The highest BCUT2D eigenvalue weighted by Crippen LogP contribution is 2.15. The first-order valence-corrected chi connectivity index (χ1v) is 9.08. The molecule has 1 heterocycles. The number of nitrogens with two attached hydrogens (primary N) is 1. The van der Waals surface area contributed by atoms with E-state index in [0.717, 1.165) is 12.8 Å². The molecule has 0 aliphatic heterocycles. The number of anilines is 2. The minimum atomic E-state index is -0.486. The highest BCUT2D eigenvalue weighted by Gasteiger charge is 2.17. The predicted molar refractivity (Wildman–Crippen MR) is 112 cm³/mol. The maximum Gasteiger partial charge on any atom is 0.278 e. The molecule has 29 heavy (non-hydrogen) atoms. The number of nitrogen functional groups attached to an aromatic ring is 1. The number of nitrogens with one attached hydrogen (secondary N) is 2. The van der Waals surface area contributed by atoms with Gasteiger partial charge in [0, 0.05) is 24.7 Å². The lowest BCUT2D eigenvalue weighted by molar-refractivity contribution is -0.638. The van der Waals surface area contributed by atoms with Crippen molar-refractivity contribution in [1.29, 1.82) is 0 Å². The van der Waals surface area contributed by atoms with Gasteiger partial charge in [0.05, 0.1) is 16.3 Å². The minimum absolute atomic E-state index is 0.0334. The van der Waals surface area contributed by atoms with Gasteiger partial charge in [-0.25, -0.2) is 5.84 Å². The van der Waals surface area contributed by atoms with Crippen LogP contribution in [0.2, 0.25) is 0 Å². The molecule has 0 saturated carbocycles. The number of hydrazone groups is 1. The van der Waals surface area contributed by atoms with Gasteiger partial charge in [-0.3, -0.25) is 25.3 Å². The minimum Gasteiger partial charge on any atom is -0.315 e. The molecule has 0 aliphatic carbocycles. The zero-order valence-corrected chi connectivity index (χ0v) is 16.3. The number of carbonyl (C=O) groups excluding carboxylic acids is 1. The summed E-state index contributed by atoms with van der Waals surface area (Å²) in [4.78, 5) is 27.4. The Morgan fingerprint density at radius 3 is 2.59 bits per heavy atom. The summed E-state index contributed by atoms with van der Waals surface area (Å²) in [6.45, 7) is 4.35. The molecule has 0 fully saturated rings. The topological polar surface area (TPSA) is 139 Å². The molecule has 2 rings (SSSR count). The summed E-state index contributed by atoms with van der Waals surface area (Å²) in [6, 6.07) is 9.12. The molecule has 10 nitrogen and oxygen atoms in total. The van der Waals surface area contributed by atoms with Crippen LogP contribution in [0.15, 0.2) is 58.9 Å². The van der Waals surface area contributed by atoms with Gasteiger partial charge in [-0.15, -0.1) is 0 Å². The van der Waals surface area contributed by atoms with Crippen molar-refractivity contribution >= 4 is 34.4 Å². The van der Waals surface area contributed by atoms with Crippen LogP contribution in [0.4, 0.5) is 17.1 Å². The molecule has 1 aromatic heterocycles. The number of amides is 1. The van der Waals surface area contributed by atoms with Crippen LogP contribution in [0.1, 0.15) is 26.7 Å². The largest absolute Gasteiger partial charge is 0.315 e. The molecule has 10 heteroatoms. The number of pyridine rings is 1. The second-order valence-corrected chi connectivity index (χ2v) is 6.19. The first kappa shape index (κ1) is 21.5. The fourth-order valence-corrected chi connectivity index (χ4v) is 2.31. The molecule has 0 radical (unpaired) electrons. The number of hydrogen-bond acceptors (Lipinski definition) is 7. The Morgan fingerprint density at radius 2 is 1.97 bits per heavy atom. The van der Waals surface area contributed by atoms with Gasteiger partial charge >= 0.3 is 0 Å². The maximum absolute atomic E-state index is 12.8. The molecule has 152 valence electrons. The van der Waals surface area contributed by atoms with E-state index in [0.29, 0.717) is 23.6 Å². The normalized spacial score (nSPS) is 11.8. The molecule has 1 amide bonds. The average molecular weight is 398 g/mol. The van der Waals surface area contributed by atoms with E-state index in [1.165, 1.54) is 28.9 Å². The summed E-state index contributed by atoms with van der Waals surface area (Å²) >= 11 is 0. The molecule has 0 unspecified atom stereocenters. The SMILES string of the molecule is CCCCN=C(C)C(=NNc1ccc([N+](=O)[O-])cc1)C(=O)Nc1ccc[n+](N)c1. The standard InChI is InChI=1S/C19H23N7O3/c1-3-4-11-21-14(2)18(19(27)22-16-6-5-12-25(20)13-16)24-23-15-7-9-17(10-8-15)26(28)29/h5-10,12-13H,3-4,11,20H2,1-2H3,(H-,21,22,23,27)/p+1. The summed E-state index contributed by atoms with van der Waals surface area (Å²) in [5.41, 5.74) is 4.30. The molecule has 0 bridgehead atoms. The van der Waals surface area contributed by atoms with Crippen molar-refractivity contribution < 1.29 is 14.4 Å². The van der Waals surface area contributed by atoms with Crippen molar-refractivity contribution in [3.8, 4) is 0 Å². The summed E-state index contributed by atoms with van der Waals surface area (Å²) in [6.07, 6.45) is 5.08. The number of aromatic nitrogens is 1. The van der Waals surface area contributed by atoms with E-state index >= 15 is 0 Å². The number of hydrogen-bond donors (Lipinski definition) is 3. The molecule has 0 spiro atoms. The Labute approximate surface area is 168 Å². The number of rotatable bonds is 9. The van der Waals surface area contributed by atoms with Crippen LogP contribution < -0.4 is 21.3 Å². The molecule has 4 N–H and O–H groups in total. The first-order chi connectivity index (χ1) is 13.9. The Morgan fingerprint density at radius 1 is 1.24 bits per heavy atom. The molecule has 0 atom stereocenters. The van der Waals surface area contributed by atoms with Crippen molar-refractivity contribution in [3.63, 3.8) is 0 Å². The first-order valence-electron chi connectivity index (χ1n) is 9.08. The molecule has 0 aliphatic rings. The van der Waals surface area contributed by atoms with Crippen molar-refractivity contribution in [1.82, 2.24) is 0 Å². The van der Waals surface area contributed by atoms with Gasteiger partial charge in [0.25, 0.3) is 11.6 Å². The van der Waals surface area contributed by atoms with Gasteiger partial charge in [-0.05, 0) is 31.5 Å². The van der Waals surface area contributed by atoms with Gasteiger partial charge in [-0.1, -0.05) is 18.0 Å². The van der Waals surface area contributed by atoms with Crippen molar-refractivity contribution in [2.75, 3.05) is 23.1 Å². The second kappa shape index (κ2) is 10.5. The van der Waals surface area contributed by atoms with Crippen molar-refractivity contribution in [2.24, 2.45) is 10.1 Å². The van der Waals surface area contributed by atoms with Gasteiger partial charge in [0.2, 0.25) is 6.20 Å². The van der Waals surface area contributed by atoms with E-state index in [-0.39, 0.29) is 11.4 Å². The summed E-state index contributed by atoms with van der Waals surface area (Å²) in [5.74, 6) is 5.22. The van der Waals surface area contributed by atoms with E-state index in [1.807, 2.05) is 0 Å². The third-order valence-electron chi connectivity index (χ3n) is 3.87. The fraction of sp³-hybridized carbons (Fsp3) is 0.263. The molecule has 1 aromatic carbocycles. The molecular formula is C19H24N7O3+. The Bertz CT molecular complexity index is 924. The maximum atomic E-state index is 12.8. The third-order valence-corrected chi connectivity index (χ3v) is 3.87. The predicted octanol–water partition coefficient (Wildman–Crippen LogP) is 2.26. The second-order valence-electron chi connectivity index (χ2n) is 6.19. The Kier molecular flexibility index (Phi) is 7.78. The van der Waals surface area contributed by atoms with Crippen LogP contribution in [0, 0.1) is 10.1 Å². The lowest BCUT2D eigenvalue weighted by Crippen LogP contribution is -2.43. The number of aliphatic imine (C=N–C) groups is 1. The van der Waals surface area contributed by atoms with E-state index in [4.69, 9.17) is 5.84 Å². The Balaban J connectivity index is 2.23. The highest BCUT2D eigenvalue weighted by molar-refractivity contribution is 6.68. The van der Waals surface area contributed by atoms with E-state index in [1.54, 1.807) is 31.5 Å². The number of non-ortho nitro benzene ring substituents is 1. The van der Waals surface area contributed by atoms with Crippen LogP contribution in [0.5, 0.6) is 0 Å². The van der Waals surface area contributed by atoms with Crippen LogP contribution in [-0.4, -0.2) is 28.8 Å². The zero-order valence-electron chi connectivity index (χ0n) is 16.3. The number of carbonyl (C=O) groups is 1. The zero-order chi connectivity index (χ0) is 21.2. The average Bonchev–Trinajstić information content (AvgIpc) is 2.68. The van der Waals surface area contributed by atoms with Gasteiger partial charge in [0.15, 0.2) is 11.9 Å². The smallest absolute Gasteiger partial charge is 0.278 e. The monoisotopic (exact) mass is 398 g/mol. The Hall–Kier alpha value is -3.82.